The van der Waals surface area contributed by atoms with Crippen LogP contribution >= 0.6 is 0 Å². The van der Waals surface area contributed by atoms with Crippen LogP contribution in [0.15, 0.2) is 5.16 Å². The summed E-state index contributed by atoms with van der Waals surface area (Å²) >= 11 is 0. The summed E-state index contributed by atoms with van der Waals surface area (Å²) in [6.07, 6.45) is 3.08. The molecule has 1 saturated carbocycles. The molecule has 5 nitrogen and oxygen atoms in total. The van der Waals surface area contributed by atoms with Gasteiger partial charge in [-0.1, -0.05) is 46.7 Å². The van der Waals surface area contributed by atoms with E-state index in [1.165, 1.54) is 0 Å². The standard InChI is InChI=1S/C16H31N3O2/c1-10(2)12(13(17)19-21)14(20)18-11-7-15(3,4)9-16(5,6)8-11/h10-12,21H,7-9H2,1-6H3,(H2,17,19)(H,18,20). The summed E-state index contributed by atoms with van der Waals surface area (Å²) in [6.45, 7) is 12.8. The first-order valence-corrected chi connectivity index (χ1v) is 7.75. The van der Waals surface area contributed by atoms with Gasteiger partial charge in [-0.25, -0.2) is 0 Å². The van der Waals surface area contributed by atoms with E-state index in [4.69, 9.17) is 10.9 Å². The average Bonchev–Trinajstić information content (AvgIpc) is 2.23. The van der Waals surface area contributed by atoms with E-state index in [1.54, 1.807) is 0 Å². The quantitative estimate of drug-likeness (QED) is 0.323. The van der Waals surface area contributed by atoms with Crippen molar-refractivity contribution in [1.29, 1.82) is 0 Å². The Hall–Kier alpha value is -1.26. The van der Waals surface area contributed by atoms with Crippen LogP contribution in [0.1, 0.15) is 60.8 Å². The number of amides is 1. The first-order valence-electron chi connectivity index (χ1n) is 7.75. The molecule has 0 radical (unpaired) electrons. The second kappa shape index (κ2) is 6.24. The van der Waals surface area contributed by atoms with Crippen molar-refractivity contribution >= 4 is 11.7 Å². The predicted molar refractivity (Wildman–Crippen MR) is 85.1 cm³/mol. The molecule has 1 atom stereocenters. The molecule has 122 valence electrons. The van der Waals surface area contributed by atoms with Gasteiger partial charge in [0, 0.05) is 6.04 Å². The molecule has 0 spiro atoms. The highest BCUT2D eigenvalue weighted by molar-refractivity contribution is 6.02. The number of nitrogens with two attached hydrogens (primary N) is 1. The van der Waals surface area contributed by atoms with Crippen LogP contribution in [-0.4, -0.2) is 23.0 Å². The Bertz CT molecular complexity index is 398. The van der Waals surface area contributed by atoms with Gasteiger partial charge in [0.2, 0.25) is 5.91 Å². The van der Waals surface area contributed by atoms with Crippen LogP contribution in [0.5, 0.6) is 0 Å². The van der Waals surface area contributed by atoms with Crippen molar-refractivity contribution in [3.8, 4) is 0 Å². The maximum absolute atomic E-state index is 12.5. The molecular weight excluding hydrogens is 266 g/mol. The monoisotopic (exact) mass is 297 g/mol. The number of rotatable bonds is 4. The Morgan fingerprint density at radius 3 is 2.10 bits per heavy atom. The fourth-order valence-electron chi connectivity index (χ4n) is 4.08. The molecule has 0 aromatic heterocycles. The van der Waals surface area contributed by atoms with Crippen molar-refractivity contribution in [3.63, 3.8) is 0 Å². The van der Waals surface area contributed by atoms with Gasteiger partial charge in [0.1, 0.15) is 5.92 Å². The topological polar surface area (TPSA) is 87.7 Å². The Morgan fingerprint density at radius 1 is 1.24 bits per heavy atom. The molecule has 1 fully saturated rings. The lowest BCUT2D eigenvalue weighted by Gasteiger charge is -2.45. The van der Waals surface area contributed by atoms with E-state index < -0.39 is 5.92 Å². The van der Waals surface area contributed by atoms with Gasteiger partial charge in [0.25, 0.3) is 0 Å². The Kier molecular flexibility index (Phi) is 5.29. The second-order valence-corrected chi connectivity index (χ2v) is 8.37. The number of amidine groups is 1. The molecule has 1 amide bonds. The smallest absolute Gasteiger partial charge is 0.231 e. The highest BCUT2D eigenvalue weighted by atomic mass is 16.4. The zero-order valence-corrected chi connectivity index (χ0v) is 14.2. The Labute approximate surface area is 128 Å². The molecular formula is C16H31N3O2. The lowest BCUT2D eigenvalue weighted by molar-refractivity contribution is -0.125. The van der Waals surface area contributed by atoms with Gasteiger partial charge >= 0.3 is 0 Å². The molecule has 0 saturated heterocycles. The summed E-state index contributed by atoms with van der Waals surface area (Å²) in [5, 5.41) is 15.0. The average molecular weight is 297 g/mol. The number of nitrogens with one attached hydrogen (secondary N) is 1. The highest BCUT2D eigenvalue weighted by Crippen LogP contribution is 2.45. The van der Waals surface area contributed by atoms with Crippen LogP contribution in [-0.2, 0) is 4.79 Å². The SMILES string of the molecule is CC(C)C(C(=O)NC1CC(C)(C)CC(C)(C)C1)C(N)=NO. The summed E-state index contributed by atoms with van der Waals surface area (Å²) in [4.78, 5) is 12.5. The molecule has 0 aromatic rings. The van der Waals surface area contributed by atoms with Crippen LogP contribution in [0.4, 0.5) is 0 Å². The van der Waals surface area contributed by atoms with Crippen LogP contribution in [0.2, 0.25) is 0 Å². The van der Waals surface area contributed by atoms with Gasteiger partial charge in [-0.2, -0.15) is 0 Å². The van der Waals surface area contributed by atoms with Gasteiger partial charge < -0.3 is 16.3 Å². The van der Waals surface area contributed by atoms with E-state index in [1.807, 2.05) is 13.8 Å². The van der Waals surface area contributed by atoms with Crippen molar-refractivity contribution in [3.05, 3.63) is 0 Å². The highest BCUT2D eigenvalue weighted by Gasteiger charge is 2.40. The first kappa shape index (κ1) is 17.8. The minimum Gasteiger partial charge on any atom is -0.409 e. The third-order valence-corrected chi connectivity index (χ3v) is 4.28. The molecule has 0 aromatic carbocycles. The second-order valence-electron chi connectivity index (χ2n) is 8.37. The largest absolute Gasteiger partial charge is 0.409 e. The van der Waals surface area contributed by atoms with E-state index in [0.717, 1.165) is 19.3 Å². The lowest BCUT2D eigenvalue weighted by Crippen LogP contribution is -2.50. The van der Waals surface area contributed by atoms with E-state index >= 15 is 0 Å². The number of nitrogens with zero attached hydrogens (tertiary/aromatic N) is 1. The Balaban J connectivity index is 2.81. The number of hydrogen-bond donors (Lipinski definition) is 3. The van der Waals surface area contributed by atoms with Gasteiger partial charge in [-0.15, -0.1) is 0 Å². The van der Waals surface area contributed by atoms with Crippen molar-refractivity contribution in [2.75, 3.05) is 0 Å². The minimum atomic E-state index is -0.580. The zero-order valence-electron chi connectivity index (χ0n) is 14.2. The van der Waals surface area contributed by atoms with Gasteiger partial charge in [-0.3, -0.25) is 4.79 Å². The van der Waals surface area contributed by atoms with Crippen LogP contribution in [0.25, 0.3) is 0 Å². The van der Waals surface area contributed by atoms with Crippen LogP contribution in [0.3, 0.4) is 0 Å². The maximum Gasteiger partial charge on any atom is 0.231 e. The maximum atomic E-state index is 12.5. The molecule has 0 bridgehead atoms. The summed E-state index contributed by atoms with van der Waals surface area (Å²) in [5.74, 6) is -0.746. The predicted octanol–water partition coefficient (Wildman–Crippen LogP) is 2.73. The third-order valence-electron chi connectivity index (χ3n) is 4.28. The van der Waals surface area contributed by atoms with E-state index in [2.05, 4.69) is 38.2 Å². The summed E-state index contributed by atoms with van der Waals surface area (Å²) in [5.41, 5.74) is 6.09. The zero-order chi connectivity index (χ0) is 16.4. The molecule has 1 unspecified atom stereocenters. The Morgan fingerprint density at radius 2 is 1.71 bits per heavy atom. The van der Waals surface area contributed by atoms with Gasteiger partial charge in [0.05, 0.1) is 0 Å². The van der Waals surface area contributed by atoms with E-state index in [0.29, 0.717) is 0 Å². The molecule has 4 N–H and O–H groups in total. The van der Waals surface area contributed by atoms with Crippen molar-refractivity contribution < 1.29 is 10.0 Å². The third kappa shape index (κ3) is 4.90. The molecule has 0 aliphatic heterocycles. The van der Waals surface area contributed by atoms with Crippen molar-refractivity contribution in [2.24, 2.45) is 33.6 Å². The molecule has 21 heavy (non-hydrogen) atoms. The number of hydrogen-bond acceptors (Lipinski definition) is 3. The van der Waals surface area contributed by atoms with Crippen molar-refractivity contribution in [1.82, 2.24) is 5.32 Å². The van der Waals surface area contributed by atoms with Crippen LogP contribution in [0, 0.1) is 22.7 Å². The van der Waals surface area contributed by atoms with Gasteiger partial charge in [-0.05, 0) is 36.0 Å². The molecule has 0 heterocycles. The number of oxime groups is 1. The molecule has 1 aliphatic carbocycles. The van der Waals surface area contributed by atoms with E-state index in [-0.39, 0.29) is 34.5 Å². The lowest BCUT2D eigenvalue weighted by atomic mass is 9.63. The number of carbonyl (C=O) groups is 1. The van der Waals surface area contributed by atoms with Crippen molar-refractivity contribution in [2.45, 2.75) is 66.8 Å². The fourth-order valence-corrected chi connectivity index (χ4v) is 4.08. The molecule has 1 rings (SSSR count). The van der Waals surface area contributed by atoms with E-state index in [9.17, 15) is 4.79 Å². The summed E-state index contributed by atoms with van der Waals surface area (Å²) < 4.78 is 0. The minimum absolute atomic E-state index is 0.00879. The van der Waals surface area contributed by atoms with Gasteiger partial charge in [0.15, 0.2) is 5.84 Å². The number of carbonyl (C=O) groups excluding carboxylic acids is 1. The fraction of sp³-hybridized carbons (Fsp3) is 0.875. The summed E-state index contributed by atoms with van der Waals surface area (Å²) in [6, 6.07) is 0.143. The van der Waals surface area contributed by atoms with Crippen LogP contribution < -0.4 is 11.1 Å². The normalized spacial score (nSPS) is 23.9. The molecule has 1 aliphatic rings. The molecule has 5 heteroatoms. The first-order chi connectivity index (χ1) is 9.47. The summed E-state index contributed by atoms with van der Waals surface area (Å²) in [7, 11) is 0.